The highest BCUT2D eigenvalue weighted by Crippen LogP contribution is 2.34. The molecule has 2 amide bonds. The Balaban J connectivity index is 1.63. The van der Waals surface area contributed by atoms with Gasteiger partial charge in [0.1, 0.15) is 41.4 Å². The van der Waals surface area contributed by atoms with E-state index in [0.29, 0.717) is 5.56 Å². The number of carbonyl (C=O) groups excluding carboxylic acids is 3. The van der Waals surface area contributed by atoms with Crippen LogP contribution in [0.15, 0.2) is 72.8 Å². The van der Waals surface area contributed by atoms with Crippen LogP contribution in [0.5, 0.6) is 23.4 Å². The number of rotatable bonds is 12. The van der Waals surface area contributed by atoms with Gasteiger partial charge in [0.25, 0.3) is 11.8 Å². The van der Waals surface area contributed by atoms with Crippen LogP contribution >= 0.6 is 0 Å². The first-order valence-corrected chi connectivity index (χ1v) is 14.9. The molecule has 0 spiro atoms. The molecule has 0 fully saturated rings. The fourth-order valence-electron chi connectivity index (χ4n) is 4.97. The lowest BCUT2D eigenvalue weighted by Gasteiger charge is -2.20. The van der Waals surface area contributed by atoms with E-state index in [1.165, 1.54) is 40.7 Å². The largest absolute Gasteiger partial charge is 0.457 e. The Bertz CT molecular complexity index is 2060. The van der Waals surface area contributed by atoms with E-state index in [1.807, 2.05) is 18.2 Å². The van der Waals surface area contributed by atoms with Crippen molar-refractivity contribution in [2.75, 3.05) is 14.1 Å². The number of benzene rings is 3. The maximum absolute atomic E-state index is 13.3. The summed E-state index contributed by atoms with van der Waals surface area (Å²) >= 11 is 0. The van der Waals surface area contributed by atoms with E-state index in [1.54, 1.807) is 51.4 Å². The van der Waals surface area contributed by atoms with Crippen LogP contribution < -0.4 is 20.9 Å². The number of nitrogens with one attached hydrogen (secondary N) is 1. The number of amidine groups is 1. The molecule has 2 aromatic heterocycles. The van der Waals surface area contributed by atoms with Gasteiger partial charge in [-0.15, -0.1) is 0 Å². The number of hydrogen-bond acceptors (Lipinski definition) is 11. The van der Waals surface area contributed by atoms with Gasteiger partial charge in [0.05, 0.1) is 6.10 Å². The third kappa shape index (κ3) is 7.47. The maximum Gasteiger partial charge on any atom is 0.342 e. The van der Waals surface area contributed by atoms with Gasteiger partial charge in [-0.25, -0.2) is 9.78 Å². The van der Waals surface area contributed by atoms with E-state index < -0.39 is 24.0 Å². The number of ether oxygens (including phenoxy) is 3. The molecule has 0 saturated heterocycles. The van der Waals surface area contributed by atoms with Crippen LogP contribution in [0.3, 0.4) is 0 Å². The van der Waals surface area contributed by atoms with Crippen molar-refractivity contribution in [1.29, 1.82) is 5.41 Å². The third-order valence-electron chi connectivity index (χ3n) is 7.32. The number of nitrogens with zero attached hydrogens (tertiary/aromatic N) is 5. The number of nitrogens with two attached hydrogens (primary N) is 2. The normalized spacial score (nSPS) is 12.2. The van der Waals surface area contributed by atoms with E-state index in [0.717, 1.165) is 5.56 Å². The third-order valence-corrected chi connectivity index (χ3v) is 7.32. The molecule has 15 heteroatoms. The number of esters is 1. The molecule has 49 heavy (non-hydrogen) atoms. The SMILES string of the molecule is Cc1nc2c(Oc3cccc(C(=O)N(C)C)c3)nc(Oc3cc(C(=N)N)ccc3C(=O)OCc3ccccc3)nc2n1C(C(N)=O)C(C)O. The first kappa shape index (κ1) is 34.0. The van der Waals surface area contributed by atoms with Crippen molar-refractivity contribution in [3.63, 3.8) is 0 Å². The Morgan fingerprint density at radius 3 is 2.33 bits per heavy atom. The lowest BCUT2D eigenvalue weighted by Crippen LogP contribution is -2.35. The second kappa shape index (κ2) is 14.2. The van der Waals surface area contributed by atoms with Gasteiger partial charge in [0.2, 0.25) is 5.91 Å². The Morgan fingerprint density at radius 2 is 1.67 bits per heavy atom. The summed E-state index contributed by atoms with van der Waals surface area (Å²) in [7, 11) is 3.24. The van der Waals surface area contributed by atoms with Gasteiger partial charge in [-0.3, -0.25) is 19.6 Å². The highest BCUT2D eigenvalue weighted by molar-refractivity contribution is 5.99. The summed E-state index contributed by atoms with van der Waals surface area (Å²) < 4.78 is 19.1. The molecular formula is C34H34N8O7. The first-order chi connectivity index (χ1) is 23.3. The fraction of sp³-hybridized carbons (Fsp3) is 0.206. The second-order valence-electron chi connectivity index (χ2n) is 11.2. The molecule has 2 heterocycles. The van der Waals surface area contributed by atoms with Gasteiger partial charge in [0.15, 0.2) is 11.2 Å². The number of aromatic nitrogens is 4. The minimum Gasteiger partial charge on any atom is -0.457 e. The van der Waals surface area contributed by atoms with Crippen molar-refractivity contribution < 1.29 is 33.7 Å². The predicted molar refractivity (Wildman–Crippen MR) is 178 cm³/mol. The fourth-order valence-corrected chi connectivity index (χ4v) is 4.97. The molecule has 5 aromatic rings. The zero-order chi connectivity index (χ0) is 35.4. The number of hydrogen-bond donors (Lipinski definition) is 4. The molecule has 0 saturated carbocycles. The molecule has 2 atom stereocenters. The maximum atomic E-state index is 13.3. The summed E-state index contributed by atoms with van der Waals surface area (Å²) in [5.74, 6) is -1.92. The summed E-state index contributed by atoms with van der Waals surface area (Å²) in [5.41, 5.74) is 12.8. The lowest BCUT2D eigenvalue weighted by molar-refractivity contribution is -0.123. The van der Waals surface area contributed by atoms with Gasteiger partial charge in [-0.05, 0) is 49.7 Å². The van der Waals surface area contributed by atoms with Crippen LogP contribution in [0.4, 0.5) is 0 Å². The number of nitrogen functional groups attached to an aromatic ring is 1. The van der Waals surface area contributed by atoms with Crippen molar-refractivity contribution in [3.05, 3.63) is 101 Å². The van der Waals surface area contributed by atoms with Crippen LogP contribution in [0, 0.1) is 12.3 Å². The van der Waals surface area contributed by atoms with Crippen molar-refractivity contribution >= 4 is 34.8 Å². The molecule has 0 aliphatic carbocycles. The standard InChI is InChI=1S/C34H34N8O7/c1-18(43)27(29(37)44)42-19(2)38-26-30(42)39-34(40-31(26)48-23-12-8-11-22(15-23)32(45)41(3)4)49-25-16-21(28(35)36)13-14-24(25)33(46)47-17-20-9-6-5-7-10-20/h5-16,18,27,43H,17H2,1-4H3,(H3,35,36)(H2,37,44). The van der Waals surface area contributed by atoms with Crippen LogP contribution in [0.25, 0.3) is 11.2 Å². The zero-order valence-corrected chi connectivity index (χ0v) is 27.1. The summed E-state index contributed by atoms with van der Waals surface area (Å²) in [6, 6.07) is 18.0. The summed E-state index contributed by atoms with van der Waals surface area (Å²) in [5, 5.41) is 18.4. The quantitative estimate of drug-likeness (QED) is 0.0857. The first-order valence-electron chi connectivity index (χ1n) is 14.9. The Morgan fingerprint density at radius 1 is 0.939 bits per heavy atom. The smallest absolute Gasteiger partial charge is 0.342 e. The molecule has 0 aliphatic rings. The van der Waals surface area contributed by atoms with E-state index in [2.05, 4.69) is 15.0 Å². The molecular weight excluding hydrogens is 632 g/mol. The van der Waals surface area contributed by atoms with Crippen molar-refractivity contribution in [3.8, 4) is 23.4 Å². The van der Waals surface area contributed by atoms with Crippen LogP contribution in [0.2, 0.25) is 0 Å². The molecule has 0 bridgehead atoms. The van der Waals surface area contributed by atoms with Crippen LogP contribution in [0.1, 0.15) is 50.6 Å². The van der Waals surface area contributed by atoms with E-state index >= 15 is 0 Å². The van der Waals surface area contributed by atoms with Gasteiger partial charge in [0, 0.05) is 25.2 Å². The average molecular weight is 667 g/mol. The lowest BCUT2D eigenvalue weighted by atomic mass is 10.1. The number of aryl methyl sites for hydroxylation is 1. The number of amides is 2. The van der Waals surface area contributed by atoms with Crippen LogP contribution in [-0.4, -0.2) is 73.3 Å². The predicted octanol–water partition coefficient (Wildman–Crippen LogP) is 3.47. The van der Waals surface area contributed by atoms with Gasteiger partial charge in [-0.1, -0.05) is 42.5 Å². The minimum atomic E-state index is -1.29. The number of carbonyl (C=O) groups is 3. The Kier molecular flexibility index (Phi) is 9.84. The molecule has 252 valence electrons. The molecule has 5 rings (SSSR count). The van der Waals surface area contributed by atoms with Crippen molar-refractivity contribution in [2.45, 2.75) is 32.6 Å². The minimum absolute atomic E-state index is 0.0126. The number of fused-ring (bicyclic) bond motifs is 1. The van der Waals surface area contributed by atoms with Gasteiger partial charge < -0.3 is 35.7 Å². The topological polar surface area (TPSA) is 222 Å². The van der Waals surface area contributed by atoms with Crippen LogP contribution in [-0.2, 0) is 16.1 Å². The van der Waals surface area contributed by atoms with E-state index in [4.69, 9.17) is 31.1 Å². The highest BCUT2D eigenvalue weighted by atomic mass is 16.5. The molecule has 15 nitrogen and oxygen atoms in total. The molecule has 0 aliphatic heterocycles. The Labute approximate surface area is 280 Å². The number of primary amides is 1. The van der Waals surface area contributed by atoms with Gasteiger partial charge in [-0.2, -0.15) is 9.97 Å². The van der Waals surface area contributed by atoms with Crippen molar-refractivity contribution in [2.24, 2.45) is 11.5 Å². The van der Waals surface area contributed by atoms with E-state index in [-0.39, 0.29) is 69.9 Å². The molecule has 3 aromatic carbocycles. The number of aliphatic hydroxyl groups is 1. The van der Waals surface area contributed by atoms with Gasteiger partial charge >= 0.3 is 12.0 Å². The molecule has 2 unspecified atom stereocenters. The Hall–Kier alpha value is -6.35. The average Bonchev–Trinajstić information content (AvgIpc) is 3.38. The second-order valence-corrected chi connectivity index (χ2v) is 11.2. The number of aliphatic hydroxyl groups excluding tert-OH is 1. The summed E-state index contributed by atoms with van der Waals surface area (Å²) in [4.78, 5) is 53.3. The molecule has 0 radical (unpaired) electrons. The monoisotopic (exact) mass is 666 g/mol. The summed E-state index contributed by atoms with van der Waals surface area (Å²) in [6.07, 6.45) is -1.25. The molecule has 6 N–H and O–H groups in total. The van der Waals surface area contributed by atoms with Crippen molar-refractivity contribution in [1.82, 2.24) is 24.4 Å². The summed E-state index contributed by atoms with van der Waals surface area (Å²) in [6.45, 7) is 2.96. The van der Waals surface area contributed by atoms with E-state index in [9.17, 15) is 19.5 Å². The number of imidazole rings is 1. The highest BCUT2D eigenvalue weighted by Gasteiger charge is 2.30. The zero-order valence-electron chi connectivity index (χ0n) is 27.1.